The Balaban J connectivity index is 1.18. The predicted molar refractivity (Wildman–Crippen MR) is 150 cm³/mol. The quantitative estimate of drug-likeness (QED) is 0.427. The summed E-state index contributed by atoms with van der Waals surface area (Å²) in [5, 5.41) is 3.99. The summed E-state index contributed by atoms with van der Waals surface area (Å²) in [5.41, 5.74) is 4.64. The molecule has 1 nitrogen and oxygen atoms in total. The lowest BCUT2D eigenvalue weighted by atomic mass is 9.54. The second-order valence-electron chi connectivity index (χ2n) is 12.7. The molecule has 2 fully saturated rings. The molecule has 0 bridgehead atoms. The molecule has 0 heterocycles. The van der Waals surface area contributed by atoms with Crippen LogP contribution in [-0.2, 0) is 6.42 Å². The molecular formula is C35H39N. The molecule has 36 heavy (non-hydrogen) atoms. The Kier molecular flexibility index (Phi) is 4.93. The summed E-state index contributed by atoms with van der Waals surface area (Å²) in [4.78, 5) is 0. The van der Waals surface area contributed by atoms with E-state index in [1.165, 1.54) is 61.8 Å². The Hall–Kier alpha value is -2.54. The van der Waals surface area contributed by atoms with Gasteiger partial charge in [0.15, 0.2) is 0 Å². The van der Waals surface area contributed by atoms with E-state index in [4.69, 9.17) is 0 Å². The minimum absolute atomic E-state index is 0.428. The minimum atomic E-state index is 0.428. The summed E-state index contributed by atoms with van der Waals surface area (Å²) < 4.78 is 0. The van der Waals surface area contributed by atoms with Gasteiger partial charge in [-0.15, -0.1) is 0 Å². The van der Waals surface area contributed by atoms with Gasteiger partial charge >= 0.3 is 0 Å². The molecule has 9 atom stereocenters. The first kappa shape index (κ1) is 21.5. The van der Waals surface area contributed by atoms with Crippen LogP contribution < -0.4 is 5.32 Å². The standard InChI is InChI=1S/C35H39N/c1-2-10-24-21-25(18-17-23(24)9-1)36-26-19-20-30-29-13-5-8-16-33(29)35(34(30)22-26)31-14-6-3-11-27(31)28-12-4-7-15-32(28)35/h2-5,8,10-13,16-21,26-34,36H,1,6-7,9,14-15,22H2. The van der Waals surface area contributed by atoms with Crippen molar-refractivity contribution in [1.29, 1.82) is 0 Å². The fraction of sp³-hybridized carbons (Fsp3) is 0.486. The van der Waals surface area contributed by atoms with E-state index in [1.807, 2.05) is 0 Å². The second kappa shape index (κ2) is 8.23. The third kappa shape index (κ3) is 2.95. The molecule has 2 saturated carbocycles. The number of hydrogen-bond donors (Lipinski definition) is 1. The summed E-state index contributed by atoms with van der Waals surface area (Å²) in [7, 11) is 0. The van der Waals surface area contributed by atoms with E-state index < -0.39 is 0 Å². The Bertz CT molecular complexity index is 1200. The van der Waals surface area contributed by atoms with Crippen molar-refractivity contribution in [3.8, 4) is 0 Å². The normalized spacial score (nSPS) is 44.7. The summed E-state index contributed by atoms with van der Waals surface area (Å²) in [5.74, 6) is 6.02. The van der Waals surface area contributed by atoms with Gasteiger partial charge in [0.25, 0.3) is 0 Å². The number of rotatable bonds is 2. The number of anilines is 1. The fourth-order valence-electron chi connectivity index (χ4n) is 10.4. The number of benzene rings is 1. The monoisotopic (exact) mass is 473 g/mol. The molecule has 1 aromatic rings. The van der Waals surface area contributed by atoms with Gasteiger partial charge < -0.3 is 5.32 Å². The molecule has 8 rings (SSSR count). The number of nitrogens with one attached hydrogen (secondary N) is 1. The number of allylic oxidation sites excluding steroid dienone is 10. The van der Waals surface area contributed by atoms with Crippen molar-refractivity contribution >= 4 is 11.8 Å². The van der Waals surface area contributed by atoms with Gasteiger partial charge in [-0.3, -0.25) is 0 Å². The Morgan fingerprint density at radius 2 is 1.47 bits per heavy atom. The number of aryl methyl sites for hydroxylation is 1. The van der Waals surface area contributed by atoms with Crippen molar-refractivity contribution in [2.75, 3.05) is 5.32 Å². The van der Waals surface area contributed by atoms with Gasteiger partial charge in [0, 0.05) is 11.7 Å². The van der Waals surface area contributed by atoms with Gasteiger partial charge in [-0.05, 0) is 121 Å². The lowest BCUT2D eigenvalue weighted by Gasteiger charge is -2.50. The molecular weight excluding hydrogens is 434 g/mol. The zero-order valence-corrected chi connectivity index (χ0v) is 21.3. The minimum Gasteiger partial charge on any atom is -0.379 e. The first-order valence-electron chi connectivity index (χ1n) is 14.8. The molecule has 0 radical (unpaired) electrons. The van der Waals surface area contributed by atoms with Crippen LogP contribution in [0.15, 0.2) is 85.0 Å². The van der Waals surface area contributed by atoms with Crippen LogP contribution in [0.3, 0.4) is 0 Å². The van der Waals surface area contributed by atoms with Crippen LogP contribution in [0.2, 0.25) is 0 Å². The van der Waals surface area contributed by atoms with Crippen molar-refractivity contribution in [2.45, 2.75) is 51.0 Å². The molecule has 0 aromatic heterocycles. The van der Waals surface area contributed by atoms with Gasteiger partial charge in [-0.25, -0.2) is 0 Å². The molecule has 1 N–H and O–H groups in total. The van der Waals surface area contributed by atoms with Crippen LogP contribution in [0, 0.1) is 52.8 Å². The fourth-order valence-corrected chi connectivity index (χ4v) is 10.4. The zero-order chi connectivity index (χ0) is 23.7. The summed E-state index contributed by atoms with van der Waals surface area (Å²) in [6, 6.07) is 7.50. The summed E-state index contributed by atoms with van der Waals surface area (Å²) in [6.07, 6.45) is 39.1. The average Bonchev–Trinajstić information content (AvgIpc) is 3.40. The molecule has 1 heteroatoms. The van der Waals surface area contributed by atoms with Crippen LogP contribution in [0.1, 0.15) is 49.7 Å². The number of hydrogen-bond acceptors (Lipinski definition) is 1. The predicted octanol–water partition coefficient (Wildman–Crippen LogP) is 8.16. The van der Waals surface area contributed by atoms with Crippen molar-refractivity contribution in [3.05, 3.63) is 96.2 Å². The Morgan fingerprint density at radius 3 is 2.31 bits per heavy atom. The molecule has 7 aliphatic rings. The molecule has 184 valence electrons. The van der Waals surface area contributed by atoms with Gasteiger partial charge in [0.2, 0.25) is 0 Å². The van der Waals surface area contributed by atoms with Gasteiger partial charge in [-0.1, -0.05) is 79.0 Å². The largest absolute Gasteiger partial charge is 0.379 e. The summed E-state index contributed by atoms with van der Waals surface area (Å²) >= 11 is 0. The SMILES string of the molecule is C1=CC2C3C=CC(Nc4ccc5c(c4)C=CCC5)CC3C3(C2C=C1)C1CCC=CC1C1C=CCCC13. The van der Waals surface area contributed by atoms with Gasteiger partial charge in [0.05, 0.1) is 0 Å². The Morgan fingerprint density at radius 1 is 0.694 bits per heavy atom. The summed E-state index contributed by atoms with van der Waals surface area (Å²) in [6.45, 7) is 0. The van der Waals surface area contributed by atoms with Gasteiger partial charge in [-0.2, -0.15) is 0 Å². The molecule has 0 aliphatic heterocycles. The van der Waals surface area contributed by atoms with E-state index in [-0.39, 0.29) is 0 Å². The van der Waals surface area contributed by atoms with Crippen LogP contribution in [0.4, 0.5) is 5.69 Å². The maximum atomic E-state index is 3.99. The van der Waals surface area contributed by atoms with Crippen molar-refractivity contribution in [2.24, 2.45) is 52.8 Å². The molecule has 1 aromatic carbocycles. The van der Waals surface area contributed by atoms with Crippen molar-refractivity contribution in [1.82, 2.24) is 0 Å². The topological polar surface area (TPSA) is 12.0 Å². The molecule has 0 saturated heterocycles. The van der Waals surface area contributed by atoms with E-state index in [9.17, 15) is 0 Å². The van der Waals surface area contributed by atoms with E-state index >= 15 is 0 Å². The maximum absolute atomic E-state index is 3.99. The van der Waals surface area contributed by atoms with Crippen LogP contribution in [-0.4, -0.2) is 6.04 Å². The first-order valence-corrected chi connectivity index (χ1v) is 14.8. The zero-order valence-electron chi connectivity index (χ0n) is 21.3. The van der Waals surface area contributed by atoms with E-state index in [2.05, 4.69) is 96.4 Å². The van der Waals surface area contributed by atoms with Crippen LogP contribution in [0.25, 0.3) is 6.08 Å². The molecule has 7 aliphatic carbocycles. The van der Waals surface area contributed by atoms with Crippen LogP contribution in [0.5, 0.6) is 0 Å². The lowest BCUT2D eigenvalue weighted by molar-refractivity contribution is 0.00850. The highest BCUT2D eigenvalue weighted by Gasteiger charge is 2.70. The Labute approximate surface area is 216 Å². The van der Waals surface area contributed by atoms with Crippen LogP contribution >= 0.6 is 0 Å². The molecule has 1 spiro atoms. The average molecular weight is 474 g/mol. The first-order chi connectivity index (χ1) is 17.8. The van der Waals surface area contributed by atoms with Gasteiger partial charge in [0.1, 0.15) is 0 Å². The molecule has 0 amide bonds. The highest BCUT2D eigenvalue weighted by Crippen LogP contribution is 2.75. The second-order valence-corrected chi connectivity index (χ2v) is 12.7. The van der Waals surface area contributed by atoms with E-state index in [0.29, 0.717) is 29.2 Å². The highest BCUT2D eigenvalue weighted by atomic mass is 14.9. The van der Waals surface area contributed by atoms with E-state index in [1.54, 1.807) is 0 Å². The highest BCUT2D eigenvalue weighted by molar-refractivity contribution is 5.63. The van der Waals surface area contributed by atoms with E-state index in [0.717, 1.165) is 29.6 Å². The third-order valence-electron chi connectivity index (χ3n) is 11.4. The van der Waals surface area contributed by atoms with Crippen molar-refractivity contribution in [3.63, 3.8) is 0 Å². The molecule has 9 unspecified atom stereocenters. The number of fused-ring (bicyclic) bond motifs is 11. The third-order valence-corrected chi connectivity index (χ3v) is 11.4. The lowest BCUT2D eigenvalue weighted by Crippen LogP contribution is -2.46. The van der Waals surface area contributed by atoms with Crippen molar-refractivity contribution < 1.29 is 0 Å². The maximum Gasteiger partial charge on any atom is 0.0447 e. The smallest absolute Gasteiger partial charge is 0.0447 e.